The second kappa shape index (κ2) is 5.74. The molecule has 1 aromatic heterocycles. The first-order valence-electron chi connectivity index (χ1n) is 6.16. The van der Waals surface area contributed by atoms with E-state index >= 15 is 0 Å². The summed E-state index contributed by atoms with van der Waals surface area (Å²) in [5.41, 5.74) is 7.47. The van der Waals surface area contributed by atoms with E-state index in [2.05, 4.69) is 5.10 Å². The number of rotatable bonds is 5. The highest BCUT2D eigenvalue weighted by molar-refractivity contribution is 7.89. The lowest BCUT2D eigenvalue weighted by Gasteiger charge is -2.16. The Labute approximate surface area is 118 Å². The molecule has 7 heteroatoms. The quantitative estimate of drug-likeness (QED) is 0.880. The van der Waals surface area contributed by atoms with Crippen LogP contribution in [0, 0.1) is 0 Å². The lowest BCUT2D eigenvalue weighted by Crippen LogP contribution is -2.26. The number of nitrogens with two attached hydrogens (primary N) is 1. The van der Waals surface area contributed by atoms with Gasteiger partial charge in [-0.3, -0.25) is 4.68 Å². The predicted molar refractivity (Wildman–Crippen MR) is 76.2 cm³/mol. The Morgan fingerprint density at radius 2 is 1.85 bits per heavy atom. The van der Waals surface area contributed by atoms with Gasteiger partial charge in [-0.1, -0.05) is 24.3 Å². The number of aromatic nitrogens is 2. The van der Waals surface area contributed by atoms with Crippen LogP contribution in [0.2, 0.25) is 0 Å². The molecule has 0 saturated carbocycles. The minimum Gasteiger partial charge on any atom is -0.326 e. The normalized spacial score (nSPS) is 12.0. The molecule has 108 valence electrons. The maximum Gasteiger partial charge on any atom is 0.246 e. The molecule has 0 fully saturated rings. The Bertz CT molecular complexity index is 677. The SMILES string of the molecule is CN(Cc1ccc(CN)cc1)S(=O)(=O)c1cnn(C)c1. The fourth-order valence-electron chi connectivity index (χ4n) is 1.83. The van der Waals surface area contributed by atoms with Crippen LogP contribution in [0.4, 0.5) is 0 Å². The van der Waals surface area contributed by atoms with Crippen LogP contribution in [0.15, 0.2) is 41.6 Å². The van der Waals surface area contributed by atoms with E-state index < -0.39 is 10.0 Å². The van der Waals surface area contributed by atoms with Crippen molar-refractivity contribution in [2.24, 2.45) is 12.8 Å². The molecule has 0 unspecified atom stereocenters. The van der Waals surface area contributed by atoms with E-state index in [1.807, 2.05) is 24.3 Å². The molecule has 0 saturated heterocycles. The van der Waals surface area contributed by atoms with Crippen molar-refractivity contribution in [2.45, 2.75) is 18.0 Å². The number of hydrogen-bond acceptors (Lipinski definition) is 4. The molecule has 1 aromatic carbocycles. The maximum absolute atomic E-state index is 12.3. The lowest BCUT2D eigenvalue weighted by atomic mass is 10.1. The van der Waals surface area contributed by atoms with Crippen LogP contribution in [-0.2, 0) is 30.2 Å². The van der Waals surface area contributed by atoms with Gasteiger partial charge in [0, 0.05) is 33.4 Å². The van der Waals surface area contributed by atoms with Gasteiger partial charge in [0.25, 0.3) is 0 Å². The summed E-state index contributed by atoms with van der Waals surface area (Å²) in [5, 5.41) is 3.89. The zero-order valence-electron chi connectivity index (χ0n) is 11.5. The van der Waals surface area contributed by atoms with Crippen LogP contribution < -0.4 is 5.73 Å². The first kappa shape index (κ1) is 14.7. The summed E-state index contributed by atoms with van der Waals surface area (Å²) < 4.78 is 27.4. The summed E-state index contributed by atoms with van der Waals surface area (Å²) >= 11 is 0. The van der Waals surface area contributed by atoms with Crippen LogP contribution in [0.25, 0.3) is 0 Å². The second-order valence-electron chi connectivity index (χ2n) is 4.63. The number of hydrogen-bond donors (Lipinski definition) is 1. The Kier molecular flexibility index (Phi) is 4.22. The van der Waals surface area contributed by atoms with Crippen molar-refractivity contribution in [1.82, 2.24) is 14.1 Å². The van der Waals surface area contributed by atoms with E-state index in [0.717, 1.165) is 11.1 Å². The first-order chi connectivity index (χ1) is 9.43. The van der Waals surface area contributed by atoms with Crippen LogP contribution >= 0.6 is 0 Å². The van der Waals surface area contributed by atoms with Crippen LogP contribution in [-0.4, -0.2) is 29.6 Å². The molecule has 2 N–H and O–H groups in total. The molecule has 0 atom stereocenters. The van der Waals surface area contributed by atoms with E-state index in [1.54, 1.807) is 14.1 Å². The van der Waals surface area contributed by atoms with Gasteiger partial charge in [-0.15, -0.1) is 0 Å². The molecule has 0 radical (unpaired) electrons. The van der Waals surface area contributed by atoms with Crippen molar-refractivity contribution in [2.75, 3.05) is 7.05 Å². The van der Waals surface area contributed by atoms with Crippen LogP contribution in [0.3, 0.4) is 0 Å². The molecule has 20 heavy (non-hydrogen) atoms. The van der Waals surface area contributed by atoms with Gasteiger partial charge < -0.3 is 5.73 Å². The number of aryl methyl sites for hydroxylation is 1. The van der Waals surface area contributed by atoms with Gasteiger partial charge in [-0.25, -0.2) is 8.42 Å². The van der Waals surface area contributed by atoms with Gasteiger partial charge in [0.15, 0.2) is 0 Å². The second-order valence-corrected chi connectivity index (χ2v) is 6.68. The van der Waals surface area contributed by atoms with Crippen LogP contribution in [0.5, 0.6) is 0 Å². The Morgan fingerprint density at radius 1 is 1.25 bits per heavy atom. The molecule has 0 spiro atoms. The average Bonchev–Trinajstić information content (AvgIpc) is 2.87. The molecule has 6 nitrogen and oxygen atoms in total. The number of benzene rings is 1. The first-order valence-corrected chi connectivity index (χ1v) is 7.60. The number of nitrogens with zero attached hydrogens (tertiary/aromatic N) is 3. The van der Waals surface area contributed by atoms with E-state index in [-0.39, 0.29) is 4.90 Å². The van der Waals surface area contributed by atoms with Gasteiger partial charge in [0.05, 0.1) is 6.20 Å². The Morgan fingerprint density at radius 3 is 2.35 bits per heavy atom. The molecule has 0 aliphatic heterocycles. The molecule has 2 aromatic rings. The van der Waals surface area contributed by atoms with Crippen molar-refractivity contribution in [1.29, 1.82) is 0 Å². The molecule has 0 aliphatic carbocycles. The van der Waals surface area contributed by atoms with Crippen molar-refractivity contribution >= 4 is 10.0 Å². The Balaban J connectivity index is 2.16. The molecule has 2 rings (SSSR count). The molecule has 0 amide bonds. The predicted octanol–water partition coefficient (Wildman–Crippen LogP) is 0.699. The summed E-state index contributed by atoms with van der Waals surface area (Å²) in [7, 11) is -0.267. The largest absolute Gasteiger partial charge is 0.326 e. The summed E-state index contributed by atoms with van der Waals surface area (Å²) in [6.07, 6.45) is 2.84. The zero-order valence-corrected chi connectivity index (χ0v) is 12.3. The van der Waals surface area contributed by atoms with E-state index in [9.17, 15) is 8.42 Å². The van der Waals surface area contributed by atoms with Crippen molar-refractivity contribution in [3.8, 4) is 0 Å². The van der Waals surface area contributed by atoms with Crippen molar-refractivity contribution in [3.63, 3.8) is 0 Å². The molecule has 1 heterocycles. The number of sulfonamides is 1. The van der Waals surface area contributed by atoms with Crippen molar-refractivity contribution < 1.29 is 8.42 Å². The highest BCUT2D eigenvalue weighted by Gasteiger charge is 2.22. The van der Waals surface area contributed by atoms with Gasteiger partial charge in [0.1, 0.15) is 4.90 Å². The van der Waals surface area contributed by atoms with Gasteiger partial charge >= 0.3 is 0 Å². The van der Waals surface area contributed by atoms with Gasteiger partial charge in [-0.05, 0) is 11.1 Å². The fraction of sp³-hybridized carbons (Fsp3) is 0.308. The minimum absolute atomic E-state index is 0.195. The summed E-state index contributed by atoms with van der Waals surface area (Å²) in [6.45, 7) is 0.784. The van der Waals surface area contributed by atoms with Gasteiger partial charge in [-0.2, -0.15) is 9.40 Å². The molecule has 0 bridgehead atoms. The molecule has 0 aliphatic rings. The highest BCUT2D eigenvalue weighted by Crippen LogP contribution is 2.16. The van der Waals surface area contributed by atoms with E-state index in [1.165, 1.54) is 21.4 Å². The highest BCUT2D eigenvalue weighted by atomic mass is 32.2. The van der Waals surface area contributed by atoms with Crippen molar-refractivity contribution in [3.05, 3.63) is 47.8 Å². The van der Waals surface area contributed by atoms with Crippen LogP contribution in [0.1, 0.15) is 11.1 Å². The average molecular weight is 294 g/mol. The fourth-order valence-corrected chi connectivity index (χ4v) is 2.98. The molecular weight excluding hydrogens is 276 g/mol. The monoisotopic (exact) mass is 294 g/mol. The maximum atomic E-state index is 12.3. The van der Waals surface area contributed by atoms with E-state index in [0.29, 0.717) is 13.1 Å². The minimum atomic E-state index is -3.51. The third-order valence-corrected chi connectivity index (χ3v) is 4.81. The summed E-state index contributed by atoms with van der Waals surface area (Å²) in [5.74, 6) is 0. The molecular formula is C13H18N4O2S. The third-order valence-electron chi connectivity index (χ3n) is 3.05. The smallest absolute Gasteiger partial charge is 0.246 e. The zero-order chi connectivity index (χ0) is 14.8. The standard InChI is InChI=1S/C13H18N4O2S/c1-16-10-13(8-15-16)20(18,19)17(2)9-12-5-3-11(7-14)4-6-12/h3-6,8,10H,7,9,14H2,1-2H3. The topological polar surface area (TPSA) is 81.2 Å². The van der Waals surface area contributed by atoms with Gasteiger partial charge in [0.2, 0.25) is 10.0 Å². The summed E-state index contributed by atoms with van der Waals surface area (Å²) in [4.78, 5) is 0.195. The lowest BCUT2D eigenvalue weighted by molar-refractivity contribution is 0.466. The summed E-state index contributed by atoms with van der Waals surface area (Å²) in [6, 6.07) is 7.58. The Hall–Kier alpha value is -1.70. The van der Waals surface area contributed by atoms with E-state index in [4.69, 9.17) is 5.73 Å². The third kappa shape index (κ3) is 3.06.